The van der Waals surface area contributed by atoms with Gasteiger partial charge >= 0.3 is 6.09 Å². The summed E-state index contributed by atoms with van der Waals surface area (Å²) in [7, 11) is 0. The van der Waals surface area contributed by atoms with Gasteiger partial charge in [0.1, 0.15) is 5.60 Å². The van der Waals surface area contributed by atoms with E-state index in [1.165, 1.54) is 16.7 Å². The van der Waals surface area contributed by atoms with Crippen molar-refractivity contribution >= 4 is 23.8 Å². The number of hydrogen-bond donors (Lipinski definition) is 2. The molecule has 2 amide bonds. The first-order valence-corrected chi connectivity index (χ1v) is 9.42. The number of thioether (sulfide) groups is 1. The number of ether oxygens (including phenoxy) is 1. The van der Waals surface area contributed by atoms with E-state index in [9.17, 15) is 14.7 Å². The Morgan fingerprint density at radius 3 is 2.52 bits per heavy atom. The van der Waals surface area contributed by atoms with Crippen molar-refractivity contribution in [3.63, 3.8) is 0 Å². The molecule has 0 aromatic heterocycles. The summed E-state index contributed by atoms with van der Waals surface area (Å²) in [5.41, 5.74) is -1.49. The molecule has 0 bridgehead atoms. The number of rotatable bonds is 4. The van der Waals surface area contributed by atoms with Crippen LogP contribution in [0.2, 0.25) is 0 Å². The van der Waals surface area contributed by atoms with Gasteiger partial charge in [-0.2, -0.15) is 0 Å². The summed E-state index contributed by atoms with van der Waals surface area (Å²) in [6, 6.07) is 8.98. The Morgan fingerprint density at radius 1 is 1.32 bits per heavy atom. The molecule has 1 aliphatic rings. The summed E-state index contributed by atoms with van der Waals surface area (Å²) in [6.45, 7) is 7.59. The van der Waals surface area contributed by atoms with Crippen molar-refractivity contribution in [1.29, 1.82) is 0 Å². The second kappa shape index (κ2) is 7.66. The largest absolute Gasteiger partial charge is 0.444 e. The third-order valence-corrected chi connectivity index (χ3v) is 5.04. The molecule has 138 valence electrons. The Bertz CT molecular complexity index is 617. The van der Waals surface area contributed by atoms with Crippen molar-refractivity contribution in [2.24, 2.45) is 0 Å². The second-order valence-corrected chi connectivity index (χ2v) is 8.15. The van der Waals surface area contributed by atoms with Crippen LogP contribution in [0.3, 0.4) is 0 Å². The van der Waals surface area contributed by atoms with Gasteiger partial charge in [-0.15, -0.1) is 11.8 Å². The highest BCUT2D eigenvalue weighted by molar-refractivity contribution is 8.00. The van der Waals surface area contributed by atoms with Gasteiger partial charge in [-0.05, 0) is 27.2 Å². The van der Waals surface area contributed by atoms with Crippen molar-refractivity contribution in [2.45, 2.75) is 50.8 Å². The van der Waals surface area contributed by atoms with E-state index in [1.807, 2.05) is 6.07 Å². The molecule has 1 unspecified atom stereocenters. The van der Waals surface area contributed by atoms with Gasteiger partial charge in [-0.25, -0.2) is 4.79 Å². The lowest BCUT2D eigenvalue weighted by Gasteiger charge is -2.32. The number of nitrogens with one attached hydrogen (secondary N) is 1. The van der Waals surface area contributed by atoms with Crippen molar-refractivity contribution < 1.29 is 19.4 Å². The number of benzene rings is 1. The van der Waals surface area contributed by atoms with Gasteiger partial charge in [0.15, 0.2) is 11.1 Å². The average molecular weight is 366 g/mol. The second-order valence-electron chi connectivity index (χ2n) is 6.97. The predicted molar refractivity (Wildman–Crippen MR) is 98.0 cm³/mol. The van der Waals surface area contributed by atoms with Crippen LogP contribution in [0.5, 0.6) is 0 Å². The van der Waals surface area contributed by atoms with Crippen molar-refractivity contribution in [2.75, 3.05) is 12.3 Å². The van der Waals surface area contributed by atoms with E-state index in [0.29, 0.717) is 24.3 Å². The molecule has 1 aromatic carbocycles. The molecule has 1 saturated heterocycles. The van der Waals surface area contributed by atoms with Crippen molar-refractivity contribution in [1.82, 2.24) is 10.2 Å². The molecule has 2 atom stereocenters. The fourth-order valence-electron chi connectivity index (χ4n) is 2.54. The smallest absolute Gasteiger partial charge is 0.411 e. The molecular weight excluding hydrogens is 340 g/mol. The zero-order valence-electron chi connectivity index (χ0n) is 15.1. The van der Waals surface area contributed by atoms with Crippen LogP contribution in [0.1, 0.15) is 39.7 Å². The van der Waals surface area contributed by atoms with Gasteiger partial charge in [0.05, 0.1) is 0 Å². The minimum atomic E-state index is -1.47. The average Bonchev–Trinajstić information content (AvgIpc) is 3.04. The maximum Gasteiger partial charge on any atom is 0.411 e. The number of nitrogens with zero attached hydrogens (tertiary/aromatic N) is 1. The van der Waals surface area contributed by atoms with E-state index >= 15 is 0 Å². The van der Waals surface area contributed by atoms with Gasteiger partial charge < -0.3 is 15.2 Å². The maximum atomic E-state index is 12.7. The number of amides is 2. The first-order valence-electron chi connectivity index (χ1n) is 8.37. The van der Waals surface area contributed by atoms with Crippen LogP contribution in [0.15, 0.2) is 30.3 Å². The summed E-state index contributed by atoms with van der Waals surface area (Å²) in [5.74, 6) is 0.245. The third kappa shape index (κ3) is 4.89. The molecule has 2 N–H and O–H groups in total. The van der Waals surface area contributed by atoms with Crippen LogP contribution in [0, 0.1) is 0 Å². The summed E-state index contributed by atoms with van der Waals surface area (Å²) in [5, 5.41) is 12.8. The highest BCUT2D eigenvalue weighted by Gasteiger charge is 2.40. The van der Waals surface area contributed by atoms with Crippen molar-refractivity contribution in [3.05, 3.63) is 35.9 Å². The summed E-state index contributed by atoms with van der Waals surface area (Å²) in [4.78, 5) is 26.5. The van der Waals surface area contributed by atoms with Crippen LogP contribution < -0.4 is 5.32 Å². The number of carbonyl (C=O) groups is 2. The lowest BCUT2D eigenvalue weighted by molar-refractivity contribution is -0.132. The van der Waals surface area contributed by atoms with Gasteiger partial charge in [0.2, 0.25) is 0 Å². The fraction of sp³-hybridized carbons (Fsp3) is 0.556. The molecule has 1 heterocycles. The van der Waals surface area contributed by atoms with E-state index < -0.39 is 28.7 Å². The number of aliphatic hydroxyl groups is 1. The SMILES string of the molecule is CC[C@@](O)(NC(=O)C1SCCN1C(=O)OC(C)(C)C)c1ccccc1. The fourth-order valence-corrected chi connectivity index (χ4v) is 3.65. The van der Waals surface area contributed by atoms with Gasteiger partial charge in [0, 0.05) is 17.9 Å². The molecular formula is C18H26N2O4S. The van der Waals surface area contributed by atoms with E-state index in [-0.39, 0.29) is 0 Å². The lowest BCUT2D eigenvalue weighted by Crippen LogP contribution is -2.53. The minimum Gasteiger partial charge on any atom is -0.444 e. The highest BCUT2D eigenvalue weighted by Crippen LogP contribution is 2.28. The van der Waals surface area contributed by atoms with E-state index in [0.717, 1.165) is 0 Å². The number of hydrogen-bond acceptors (Lipinski definition) is 5. The Hall–Kier alpha value is -1.73. The molecule has 0 saturated carbocycles. The van der Waals surface area contributed by atoms with Gasteiger partial charge in [-0.1, -0.05) is 37.3 Å². The molecule has 1 aromatic rings. The first-order chi connectivity index (χ1) is 11.7. The van der Waals surface area contributed by atoms with Gasteiger partial charge in [-0.3, -0.25) is 9.69 Å². The molecule has 6 nitrogen and oxygen atoms in total. The Morgan fingerprint density at radius 2 is 1.96 bits per heavy atom. The van der Waals surface area contributed by atoms with Crippen LogP contribution in [-0.2, 0) is 15.3 Å². The summed E-state index contributed by atoms with van der Waals surface area (Å²) in [6.07, 6.45) is -0.204. The van der Waals surface area contributed by atoms with Crippen LogP contribution >= 0.6 is 11.8 Å². The monoisotopic (exact) mass is 366 g/mol. The van der Waals surface area contributed by atoms with Crippen LogP contribution in [-0.4, -0.2) is 45.3 Å². The topological polar surface area (TPSA) is 78.9 Å². The lowest BCUT2D eigenvalue weighted by atomic mass is 10.00. The molecule has 1 fully saturated rings. The standard InChI is InChI=1S/C18H26N2O4S/c1-5-18(23,13-9-7-6-8-10-13)19-14(21)15-20(11-12-25-15)16(22)24-17(2,3)4/h6-10,15,23H,5,11-12H2,1-4H3,(H,19,21)/t15?,18-/m0/s1. The molecule has 2 rings (SSSR count). The molecule has 25 heavy (non-hydrogen) atoms. The Balaban J connectivity index is 2.12. The number of carbonyl (C=O) groups excluding carboxylic acids is 2. The van der Waals surface area contributed by atoms with E-state index in [1.54, 1.807) is 52.0 Å². The molecule has 7 heteroatoms. The first kappa shape index (κ1) is 19.6. The minimum absolute atomic E-state index is 0.312. The normalized spacial score (nSPS) is 20.0. The summed E-state index contributed by atoms with van der Waals surface area (Å²) < 4.78 is 5.37. The van der Waals surface area contributed by atoms with E-state index in [2.05, 4.69) is 5.32 Å². The Kier molecular flexibility index (Phi) is 6.00. The molecule has 1 aliphatic heterocycles. The van der Waals surface area contributed by atoms with Gasteiger partial charge in [0.25, 0.3) is 5.91 Å². The third-order valence-electron chi connectivity index (χ3n) is 3.84. The van der Waals surface area contributed by atoms with Crippen LogP contribution in [0.4, 0.5) is 4.79 Å². The van der Waals surface area contributed by atoms with Crippen molar-refractivity contribution in [3.8, 4) is 0 Å². The maximum absolute atomic E-state index is 12.7. The van der Waals surface area contributed by atoms with E-state index in [4.69, 9.17) is 4.74 Å². The zero-order chi connectivity index (χ0) is 18.7. The quantitative estimate of drug-likeness (QED) is 0.801. The predicted octanol–water partition coefficient (Wildman–Crippen LogP) is 2.67. The Labute approximate surface area is 152 Å². The molecule has 0 spiro atoms. The van der Waals surface area contributed by atoms with Crippen LogP contribution in [0.25, 0.3) is 0 Å². The highest BCUT2D eigenvalue weighted by atomic mass is 32.2. The summed E-state index contributed by atoms with van der Waals surface area (Å²) >= 11 is 1.36. The zero-order valence-corrected chi connectivity index (χ0v) is 15.9. The molecule has 0 aliphatic carbocycles. The molecule has 0 radical (unpaired) electrons.